The molecule has 1 rings (SSSR count). The molecule has 1 atom stereocenters. The summed E-state index contributed by atoms with van der Waals surface area (Å²) in [6.45, 7) is 6.36. The second kappa shape index (κ2) is 4.95. The molecule has 0 spiro atoms. The first kappa shape index (κ1) is 11.0. The van der Waals surface area contributed by atoms with Crippen LogP contribution in [0.3, 0.4) is 0 Å². The van der Waals surface area contributed by atoms with Crippen LogP contribution in [0.1, 0.15) is 18.7 Å². The fourth-order valence-electron chi connectivity index (χ4n) is 1.000. The van der Waals surface area contributed by atoms with E-state index in [0.29, 0.717) is 6.54 Å². The number of carbonyl (C=O) groups excluding carboxylic acids is 1. The molecule has 1 unspecified atom stereocenters. The van der Waals surface area contributed by atoms with E-state index in [-0.39, 0.29) is 11.9 Å². The summed E-state index contributed by atoms with van der Waals surface area (Å²) in [5.41, 5.74) is 0. The van der Waals surface area contributed by atoms with Gasteiger partial charge in [-0.15, -0.1) is 11.3 Å². The third-order valence-corrected chi connectivity index (χ3v) is 2.55. The number of amides is 1. The Morgan fingerprint density at radius 1 is 1.71 bits per heavy atom. The number of aromatic nitrogens is 1. The lowest BCUT2D eigenvalue weighted by Gasteiger charge is -2.11. The van der Waals surface area contributed by atoms with Gasteiger partial charge in [0.15, 0.2) is 5.13 Å². The average molecular weight is 213 g/mol. The predicted molar refractivity (Wildman–Crippen MR) is 58.6 cm³/mol. The normalized spacial score (nSPS) is 12.2. The molecule has 0 saturated carbocycles. The Balaban J connectivity index is 2.48. The summed E-state index contributed by atoms with van der Waals surface area (Å²) < 4.78 is 0. The summed E-state index contributed by atoms with van der Waals surface area (Å²) in [5, 5.41) is 6.58. The molecule has 0 aliphatic carbocycles. The van der Waals surface area contributed by atoms with Crippen molar-refractivity contribution in [1.82, 2.24) is 10.3 Å². The standard InChI is InChI=1S/C9H15N3OS/c1-4-10-8(13)7(3)12-9-11-5-6(2)14-9/h5,7H,4H2,1-3H3,(H,10,13)(H,11,12). The van der Waals surface area contributed by atoms with Crippen LogP contribution in [-0.4, -0.2) is 23.5 Å². The van der Waals surface area contributed by atoms with Gasteiger partial charge in [0.1, 0.15) is 6.04 Å². The number of aryl methyl sites for hydroxylation is 1. The molecule has 1 heterocycles. The molecule has 78 valence electrons. The van der Waals surface area contributed by atoms with Crippen molar-refractivity contribution < 1.29 is 4.79 Å². The van der Waals surface area contributed by atoms with E-state index in [1.807, 2.05) is 20.8 Å². The van der Waals surface area contributed by atoms with Crippen LogP contribution in [-0.2, 0) is 4.79 Å². The number of thiazole rings is 1. The van der Waals surface area contributed by atoms with Crippen LogP contribution in [0.4, 0.5) is 5.13 Å². The van der Waals surface area contributed by atoms with Crippen LogP contribution in [0.2, 0.25) is 0 Å². The summed E-state index contributed by atoms with van der Waals surface area (Å²) >= 11 is 1.55. The van der Waals surface area contributed by atoms with Gasteiger partial charge >= 0.3 is 0 Å². The van der Waals surface area contributed by atoms with Gasteiger partial charge in [0.25, 0.3) is 0 Å². The Bertz CT molecular complexity index is 311. The van der Waals surface area contributed by atoms with Gasteiger partial charge in [-0.2, -0.15) is 0 Å². The number of likely N-dealkylation sites (N-methyl/N-ethyl adjacent to an activating group) is 1. The Morgan fingerprint density at radius 2 is 2.43 bits per heavy atom. The minimum Gasteiger partial charge on any atom is -0.355 e. The van der Waals surface area contributed by atoms with E-state index in [0.717, 1.165) is 10.0 Å². The Hall–Kier alpha value is -1.10. The van der Waals surface area contributed by atoms with E-state index < -0.39 is 0 Å². The molecule has 0 aliphatic rings. The van der Waals surface area contributed by atoms with E-state index >= 15 is 0 Å². The molecular weight excluding hydrogens is 198 g/mol. The third-order valence-electron chi connectivity index (χ3n) is 1.71. The number of hydrogen-bond donors (Lipinski definition) is 2. The fourth-order valence-corrected chi connectivity index (χ4v) is 1.75. The van der Waals surface area contributed by atoms with Gasteiger partial charge in [-0.1, -0.05) is 0 Å². The Morgan fingerprint density at radius 3 is 2.93 bits per heavy atom. The van der Waals surface area contributed by atoms with Crippen LogP contribution < -0.4 is 10.6 Å². The topological polar surface area (TPSA) is 54.0 Å². The average Bonchev–Trinajstić information content (AvgIpc) is 2.51. The quantitative estimate of drug-likeness (QED) is 0.794. The zero-order chi connectivity index (χ0) is 10.6. The highest BCUT2D eigenvalue weighted by molar-refractivity contribution is 7.15. The molecule has 5 heteroatoms. The van der Waals surface area contributed by atoms with Crippen molar-refractivity contribution in [2.45, 2.75) is 26.8 Å². The summed E-state index contributed by atoms with van der Waals surface area (Å²) in [6.07, 6.45) is 1.79. The number of nitrogens with one attached hydrogen (secondary N) is 2. The SMILES string of the molecule is CCNC(=O)C(C)Nc1ncc(C)s1. The van der Waals surface area contributed by atoms with Gasteiger partial charge in [-0.3, -0.25) is 4.79 Å². The maximum atomic E-state index is 11.4. The molecule has 1 amide bonds. The second-order valence-electron chi connectivity index (χ2n) is 3.04. The summed E-state index contributed by atoms with van der Waals surface area (Å²) in [5.74, 6) is 0.000327. The highest BCUT2D eigenvalue weighted by Gasteiger charge is 2.12. The zero-order valence-corrected chi connectivity index (χ0v) is 9.44. The van der Waals surface area contributed by atoms with E-state index in [1.165, 1.54) is 0 Å². The van der Waals surface area contributed by atoms with Crippen molar-refractivity contribution in [2.75, 3.05) is 11.9 Å². The lowest BCUT2D eigenvalue weighted by molar-refractivity contribution is -0.121. The van der Waals surface area contributed by atoms with Crippen molar-refractivity contribution in [3.63, 3.8) is 0 Å². The number of anilines is 1. The fraction of sp³-hybridized carbons (Fsp3) is 0.556. The lowest BCUT2D eigenvalue weighted by Crippen LogP contribution is -2.37. The predicted octanol–water partition coefficient (Wildman–Crippen LogP) is 1.39. The number of nitrogens with zero attached hydrogens (tertiary/aromatic N) is 1. The first-order valence-electron chi connectivity index (χ1n) is 4.60. The smallest absolute Gasteiger partial charge is 0.242 e. The third kappa shape index (κ3) is 2.99. The molecule has 4 nitrogen and oxygen atoms in total. The summed E-state index contributed by atoms with van der Waals surface area (Å²) in [7, 11) is 0. The van der Waals surface area contributed by atoms with Gasteiger partial charge < -0.3 is 10.6 Å². The van der Waals surface area contributed by atoms with Crippen molar-refractivity contribution in [1.29, 1.82) is 0 Å². The maximum Gasteiger partial charge on any atom is 0.242 e. The van der Waals surface area contributed by atoms with Crippen molar-refractivity contribution in [3.8, 4) is 0 Å². The van der Waals surface area contributed by atoms with Crippen molar-refractivity contribution >= 4 is 22.4 Å². The van der Waals surface area contributed by atoms with Crippen LogP contribution in [0.25, 0.3) is 0 Å². The molecule has 0 aliphatic heterocycles. The summed E-state index contributed by atoms with van der Waals surface area (Å²) in [4.78, 5) is 16.6. The van der Waals surface area contributed by atoms with E-state index in [9.17, 15) is 4.79 Å². The minimum atomic E-state index is -0.236. The first-order chi connectivity index (χ1) is 6.63. The number of carbonyl (C=O) groups is 1. The van der Waals surface area contributed by atoms with Crippen LogP contribution in [0.5, 0.6) is 0 Å². The molecule has 2 N–H and O–H groups in total. The van der Waals surface area contributed by atoms with Gasteiger partial charge in [-0.05, 0) is 20.8 Å². The van der Waals surface area contributed by atoms with Crippen molar-refractivity contribution in [3.05, 3.63) is 11.1 Å². The highest BCUT2D eigenvalue weighted by atomic mass is 32.1. The van der Waals surface area contributed by atoms with E-state index in [2.05, 4.69) is 15.6 Å². The van der Waals surface area contributed by atoms with E-state index in [4.69, 9.17) is 0 Å². The van der Waals surface area contributed by atoms with Crippen LogP contribution in [0.15, 0.2) is 6.20 Å². The lowest BCUT2D eigenvalue weighted by atomic mass is 10.3. The van der Waals surface area contributed by atoms with Crippen LogP contribution >= 0.6 is 11.3 Å². The van der Waals surface area contributed by atoms with Gasteiger partial charge in [-0.25, -0.2) is 4.98 Å². The molecular formula is C9H15N3OS. The number of rotatable bonds is 4. The molecule has 1 aromatic rings. The van der Waals surface area contributed by atoms with Crippen molar-refractivity contribution in [2.24, 2.45) is 0 Å². The largest absolute Gasteiger partial charge is 0.355 e. The molecule has 0 bridgehead atoms. The Kier molecular flexibility index (Phi) is 3.88. The van der Waals surface area contributed by atoms with Gasteiger partial charge in [0, 0.05) is 17.6 Å². The first-order valence-corrected chi connectivity index (χ1v) is 5.41. The van der Waals surface area contributed by atoms with Crippen LogP contribution in [0, 0.1) is 6.92 Å². The second-order valence-corrected chi connectivity index (χ2v) is 4.27. The summed E-state index contributed by atoms with van der Waals surface area (Å²) in [6, 6.07) is -0.236. The number of hydrogen-bond acceptors (Lipinski definition) is 4. The minimum absolute atomic E-state index is 0.000327. The zero-order valence-electron chi connectivity index (χ0n) is 8.63. The monoisotopic (exact) mass is 213 g/mol. The maximum absolute atomic E-state index is 11.4. The highest BCUT2D eigenvalue weighted by Crippen LogP contribution is 2.17. The molecule has 0 aromatic carbocycles. The molecule has 14 heavy (non-hydrogen) atoms. The molecule has 1 aromatic heterocycles. The van der Waals surface area contributed by atoms with Gasteiger partial charge in [0.2, 0.25) is 5.91 Å². The Labute approximate surface area is 87.7 Å². The molecule has 0 fully saturated rings. The van der Waals surface area contributed by atoms with Gasteiger partial charge in [0.05, 0.1) is 0 Å². The molecule has 0 radical (unpaired) electrons. The molecule has 0 saturated heterocycles. The van der Waals surface area contributed by atoms with E-state index in [1.54, 1.807) is 17.5 Å².